The van der Waals surface area contributed by atoms with Gasteiger partial charge < -0.3 is 10.2 Å². The van der Waals surface area contributed by atoms with Crippen LogP contribution < -0.4 is 5.69 Å². The molecule has 2 N–H and O–H groups in total. The average Bonchev–Trinajstić information content (AvgIpc) is 3.41. The molecule has 0 aliphatic heterocycles. The van der Waals surface area contributed by atoms with E-state index in [1.807, 2.05) is 0 Å². The van der Waals surface area contributed by atoms with Crippen LogP contribution in [-0.4, -0.2) is 46.4 Å². The van der Waals surface area contributed by atoms with Gasteiger partial charge in [-0.05, 0) is 42.8 Å². The van der Waals surface area contributed by atoms with Crippen molar-refractivity contribution < 1.29 is 36.6 Å². The summed E-state index contributed by atoms with van der Waals surface area (Å²) in [6.45, 7) is -0.184. The van der Waals surface area contributed by atoms with Crippen LogP contribution in [0.1, 0.15) is 30.2 Å². The summed E-state index contributed by atoms with van der Waals surface area (Å²) in [5.74, 6) is -0.233. The van der Waals surface area contributed by atoms with E-state index in [2.05, 4.69) is 10.1 Å². The number of benzene rings is 2. The second-order valence-electron chi connectivity index (χ2n) is 8.62. The largest absolute Gasteiger partial charge is 0.416 e. The highest BCUT2D eigenvalue weighted by Crippen LogP contribution is 2.31. The molecule has 4 rings (SSSR count). The van der Waals surface area contributed by atoms with E-state index in [4.69, 9.17) is 11.6 Å². The molecule has 208 valence electrons. The summed E-state index contributed by atoms with van der Waals surface area (Å²) in [5.41, 5.74) is -1.58. The normalized spacial score (nSPS) is 14.0. The van der Waals surface area contributed by atoms with Gasteiger partial charge in [-0.25, -0.2) is 14.5 Å². The molecule has 0 saturated carbocycles. The van der Waals surface area contributed by atoms with Crippen molar-refractivity contribution >= 4 is 11.6 Å². The van der Waals surface area contributed by atoms with Crippen LogP contribution in [0.5, 0.6) is 0 Å². The Kier molecular flexibility index (Phi) is 7.65. The van der Waals surface area contributed by atoms with Crippen LogP contribution >= 0.6 is 11.6 Å². The van der Waals surface area contributed by atoms with Crippen LogP contribution in [0.4, 0.5) is 26.3 Å². The first-order chi connectivity index (χ1) is 18.1. The second kappa shape index (κ2) is 10.5. The lowest BCUT2D eigenvalue weighted by Crippen LogP contribution is -2.37. The van der Waals surface area contributed by atoms with E-state index in [9.17, 15) is 41.4 Å². The minimum Gasteiger partial charge on any atom is -0.385 e. The molecule has 0 saturated heterocycles. The van der Waals surface area contributed by atoms with Crippen LogP contribution in [0.2, 0.25) is 5.02 Å². The molecule has 39 heavy (non-hydrogen) atoms. The SMILES string of the molecule is C[C@H](O)c1nc(Cn2cc(-c3ccc(Cl)cc3)n(C[C@H](O)C(F)(F)F)c2=O)nn1-c1cccc(C(F)(F)F)c1. The van der Waals surface area contributed by atoms with Crippen molar-refractivity contribution in [1.29, 1.82) is 0 Å². The van der Waals surface area contributed by atoms with E-state index in [0.717, 1.165) is 32.0 Å². The minimum atomic E-state index is -4.99. The average molecular weight is 576 g/mol. The molecule has 0 aliphatic carbocycles. The molecule has 0 fully saturated rings. The zero-order valence-electron chi connectivity index (χ0n) is 19.9. The first-order valence-corrected chi connectivity index (χ1v) is 11.6. The van der Waals surface area contributed by atoms with E-state index in [0.29, 0.717) is 10.6 Å². The van der Waals surface area contributed by atoms with Gasteiger partial charge in [0.25, 0.3) is 0 Å². The number of hydrogen-bond acceptors (Lipinski definition) is 5. The smallest absolute Gasteiger partial charge is 0.385 e. The van der Waals surface area contributed by atoms with Gasteiger partial charge >= 0.3 is 18.0 Å². The molecular weight excluding hydrogens is 556 g/mol. The van der Waals surface area contributed by atoms with Crippen molar-refractivity contribution in [2.24, 2.45) is 0 Å². The van der Waals surface area contributed by atoms with Gasteiger partial charge in [-0.15, -0.1) is 5.10 Å². The van der Waals surface area contributed by atoms with Crippen molar-refractivity contribution in [3.05, 3.63) is 87.4 Å². The van der Waals surface area contributed by atoms with Crippen LogP contribution in [0, 0.1) is 0 Å². The lowest BCUT2D eigenvalue weighted by Gasteiger charge is -2.16. The van der Waals surface area contributed by atoms with Gasteiger partial charge in [-0.3, -0.25) is 9.13 Å². The zero-order valence-corrected chi connectivity index (χ0v) is 20.7. The molecule has 2 aromatic carbocycles. The Balaban J connectivity index is 1.77. The molecule has 2 aromatic heterocycles. The number of imidazole rings is 1. The van der Waals surface area contributed by atoms with Gasteiger partial charge in [0.15, 0.2) is 17.8 Å². The number of rotatable bonds is 7. The Morgan fingerprint density at radius 2 is 1.69 bits per heavy atom. The molecule has 0 amide bonds. The Hall–Kier alpha value is -3.62. The molecule has 0 unspecified atom stereocenters. The van der Waals surface area contributed by atoms with Gasteiger partial charge in [0.1, 0.15) is 6.10 Å². The summed E-state index contributed by atoms with van der Waals surface area (Å²) in [5, 5.41) is 24.3. The van der Waals surface area contributed by atoms with Crippen LogP contribution in [0.3, 0.4) is 0 Å². The third kappa shape index (κ3) is 6.18. The highest BCUT2D eigenvalue weighted by Gasteiger charge is 2.39. The number of aliphatic hydroxyl groups excluding tert-OH is 2. The van der Waals surface area contributed by atoms with Crippen molar-refractivity contribution in [3.63, 3.8) is 0 Å². The molecule has 0 radical (unpaired) electrons. The molecule has 0 aliphatic rings. The first-order valence-electron chi connectivity index (χ1n) is 11.3. The van der Waals surface area contributed by atoms with E-state index in [1.165, 1.54) is 43.5 Å². The number of hydrogen-bond donors (Lipinski definition) is 2. The Morgan fingerprint density at radius 1 is 1.03 bits per heavy atom. The predicted molar refractivity (Wildman–Crippen MR) is 127 cm³/mol. The molecule has 2 heterocycles. The fourth-order valence-corrected chi connectivity index (χ4v) is 3.94. The van der Waals surface area contributed by atoms with Crippen LogP contribution in [-0.2, 0) is 19.3 Å². The molecule has 0 bridgehead atoms. The number of aliphatic hydroxyl groups is 2. The maximum Gasteiger partial charge on any atom is 0.416 e. The molecule has 4 aromatic rings. The molecule has 8 nitrogen and oxygen atoms in total. The van der Waals surface area contributed by atoms with Crippen molar-refractivity contribution in [3.8, 4) is 16.9 Å². The third-order valence-corrected chi connectivity index (χ3v) is 5.95. The van der Waals surface area contributed by atoms with E-state index in [1.54, 1.807) is 0 Å². The van der Waals surface area contributed by atoms with Crippen LogP contribution in [0.15, 0.2) is 59.5 Å². The third-order valence-electron chi connectivity index (χ3n) is 5.70. The van der Waals surface area contributed by atoms with Gasteiger partial charge in [-0.1, -0.05) is 29.8 Å². The predicted octanol–water partition coefficient (Wildman–Crippen LogP) is 4.59. The highest BCUT2D eigenvalue weighted by molar-refractivity contribution is 6.30. The summed E-state index contributed by atoms with van der Waals surface area (Å²) < 4.78 is 81.6. The summed E-state index contributed by atoms with van der Waals surface area (Å²) in [6, 6.07) is 10.0. The number of halogens is 7. The van der Waals surface area contributed by atoms with Gasteiger partial charge in [-0.2, -0.15) is 26.3 Å². The van der Waals surface area contributed by atoms with E-state index >= 15 is 0 Å². The second-order valence-corrected chi connectivity index (χ2v) is 9.06. The molecule has 2 atom stereocenters. The summed E-state index contributed by atoms with van der Waals surface area (Å²) in [6.07, 6.45) is -12.5. The van der Waals surface area contributed by atoms with Gasteiger partial charge in [0.05, 0.1) is 30.0 Å². The van der Waals surface area contributed by atoms with Crippen LogP contribution in [0.25, 0.3) is 16.9 Å². The van der Waals surface area contributed by atoms with E-state index < -0.39 is 48.9 Å². The van der Waals surface area contributed by atoms with Crippen molar-refractivity contribution in [1.82, 2.24) is 23.9 Å². The fourth-order valence-electron chi connectivity index (χ4n) is 3.81. The Labute approximate surface area is 221 Å². The lowest BCUT2D eigenvalue weighted by molar-refractivity contribution is -0.207. The van der Waals surface area contributed by atoms with Crippen molar-refractivity contribution in [2.45, 2.75) is 44.6 Å². The maximum atomic E-state index is 13.2. The first kappa shape index (κ1) is 28.4. The molecular formula is C24H20ClF6N5O3. The van der Waals surface area contributed by atoms with E-state index in [-0.39, 0.29) is 23.0 Å². The highest BCUT2D eigenvalue weighted by atomic mass is 35.5. The fraction of sp³-hybridized carbons (Fsp3) is 0.292. The van der Waals surface area contributed by atoms with Crippen molar-refractivity contribution in [2.75, 3.05) is 0 Å². The molecule has 0 spiro atoms. The minimum absolute atomic E-state index is 0.0352. The molecule has 15 heteroatoms. The maximum absolute atomic E-state index is 13.2. The lowest BCUT2D eigenvalue weighted by atomic mass is 10.1. The number of nitrogens with zero attached hydrogens (tertiary/aromatic N) is 5. The standard InChI is InChI=1S/C24H20ClF6N5O3/c1-13(37)21-32-20(33-36(21)17-4-2-3-15(9-17)23(26,27)28)12-34-10-18(14-5-7-16(25)8-6-14)35(22(34)39)11-19(38)24(29,30)31/h2-10,13,19,37-38H,11-12H2,1H3/t13-,19-/m0/s1. The zero-order chi connectivity index (χ0) is 28.7. The Morgan fingerprint density at radius 3 is 2.28 bits per heavy atom. The van der Waals surface area contributed by atoms with Gasteiger partial charge in [0.2, 0.25) is 0 Å². The monoisotopic (exact) mass is 575 g/mol. The van der Waals surface area contributed by atoms with Gasteiger partial charge in [0, 0.05) is 11.2 Å². The summed E-state index contributed by atoms with van der Waals surface area (Å²) in [7, 11) is 0. The number of aromatic nitrogens is 5. The number of alkyl halides is 6. The quantitative estimate of drug-likeness (QED) is 0.314. The topological polar surface area (TPSA) is 98.1 Å². The summed E-state index contributed by atoms with van der Waals surface area (Å²) in [4.78, 5) is 17.3. The summed E-state index contributed by atoms with van der Waals surface area (Å²) >= 11 is 5.89. The Bertz CT molecular complexity index is 1520.